The van der Waals surface area contributed by atoms with E-state index in [0.29, 0.717) is 24.1 Å². The Balaban J connectivity index is 1.93. The van der Waals surface area contributed by atoms with E-state index in [4.69, 9.17) is 10.8 Å². The molecule has 1 heterocycles. The third-order valence-electron chi connectivity index (χ3n) is 3.30. The molecular formula is C13H20N4O2. The third-order valence-corrected chi connectivity index (χ3v) is 3.30. The second kappa shape index (κ2) is 5.88. The molecule has 4 N–H and O–H groups in total. The van der Waals surface area contributed by atoms with Crippen LogP contribution < -0.4 is 11.1 Å². The number of aromatic nitrogens is 1. The zero-order valence-corrected chi connectivity index (χ0v) is 11.1. The maximum absolute atomic E-state index is 11.1. The number of nitrogens with zero attached hydrogens (tertiary/aromatic N) is 2. The van der Waals surface area contributed by atoms with Gasteiger partial charge in [0.2, 0.25) is 0 Å². The first kappa shape index (κ1) is 13.6. The lowest BCUT2D eigenvalue weighted by Gasteiger charge is -2.20. The van der Waals surface area contributed by atoms with Crippen molar-refractivity contribution in [2.24, 2.45) is 0 Å². The van der Waals surface area contributed by atoms with Crippen molar-refractivity contribution in [1.29, 1.82) is 0 Å². The first-order chi connectivity index (χ1) is 9.11. The Morgan fingerprint density at radius 2 is 2.37 bits per heavy atom. The number of nitrogen functional groups attached to an aromatic ring is 1. The molecule has 0 aromatic carbocycles. The smallest absolute Gasteiger partial charge is 0.339 e. The minimum absolute atomic E-state index is 0.120. The molecule has 1 aliphatic carbocycles. The maximum Gasteiger partial charge on any atom is 0.339 e. The van der Waals surface area contributed by atoms with Crippen LogP contribution in [-0.4, -0.2) is 46.6 Å². The Morgan fingerprint density at radius 1 is 1.63 bits per heavy atom. The highest BCUT2D eigenvalue weighted by molar-refractivity contribution is 5.94. The Hall–Kier alpha value is -1.82. The Morgan fingerprint density at radius 3 is 2.95 bits per heavy atom. The molecule has 0 radical (unpaired) electrons. The number of pyridine rings is 1. The first-order valence-electron chi connectivity index (χ1n) is 6.58. The predicted octanol–water partition coefficient (Wildman–Crippen LogP) is 1.26. The molecule has 0 amide bonds. The molecule has 1 saturated carbocycles. The highest BCUT2D eigenvalue weighted by Crippen LogP contribution is 2.26. The summed E-state index contributed by atoms with van der Waals surface area (Å²) in [5.41, 5.74) is 6.03. The van der Waals surface area contributed by atoms with Crippen molar-refractivity contribution in [2.75, 3.05) is 30.7 Å². The van der Waals surface area contributed by atoms with Gasteiger partial charge in [-0.2, -0.15) is 0 Å². The largest absolute Gasteiger partial charge is 0.478 e. The summed E-state index contributed by atoms with van der Waals surface area (Å²) in [6.07, 6.45) is 4.01. The van der Waals surface area contributed by atoms with Crippen LogP contribution in [-0.2, 0) is 0 Å². The summed E-state index contributed by atoms with van der Waals surface area (Å²) >= 11 is 0. The fourth-order valence-corrected chi connectivity index (χ4v) is 2.14. The van der Waals surface area contributed by atoms with E-state index in [1.807, 2.05) is 0 Å². The van der Waals surface area contributed by atoms with Gasteiger partial charge in [0.1, 0.15) is 11.4 Å². The van der Waals surface area contributed by atoms with Crippen molar-refractivity contribution in [3.8, 4) is 0 Å². The average molecular weight is 264 g/mol. The topological polar surface area (TPSA) is 91.5 Å². The van der Waals surface area contributed by atoms with Crippen LogP contribution in [0, 0.1) is 0 Å². The highest BCUT2D eigenvalue weighted by Gasteiger charge is 2.27. The molecule has 0 saturated heterocycles. The van der Waals surface area contributed by atoms with Crippen LogP contribution in [0.15, 0.2) is 12.3 Å². The Bertz CT molecular complexity index is 460. The van der Waals surface area contributed by atoms with Gasteiger partial charge in [-0.25, -0.2) is 9.78 Å². The van der Waals surface area contributed by atoms with Crippen molar-refractivity contribution >= 4 is 17.5 Å². The molecule has 6 nitrogen and oxygen atoms in total. The fraction of sp³-hybridized carbons (Fsp3) is 0.538. The number of aromatic carboxylic acids is 1. The SMILES string of the molecule is CCN(CCNc1ncc(N)cc1C(=O)O)C1CC1. The van der Waals surface area contributed by atoms with Crippen LogP contribution in [0.2, 0.25) is 0 Å². The normalized spacial score (nSPS) is 14.6. The molecule has 0 unspecified atom stereocenters. The van der Waals surface area contributed by atoms with Gasteiger partial charge in [0, 0.05) is 19.1 Å². The van der Waals surface area contributed by atoms with Crippen molar-refractivity contribution in [3.05, 3.63) is 17.8 Å². The van der Waals surface area contributed by atoms with E-state index in [1.54, 1.807) is 0 Å². The Labute approximate surface area is 112 Å². The van der Waals surface area contributed by atoms with Crippen LogP contribution in [0.3, 0.4) is 0 Å². The van der Waals surface area contributed by atoms with Gasteiger partial charge < -0.3 is 16.2 Å². The van der Waals surface area contributed by atoms with Gasteiger partial charge >= 0.3 is 5.97 Å². The number of rotatable bonds is 7. The van der Waals surface area contributed by atoms with E-state index < -0.39 is 5.97 Å². The molecule has 0 atom stereocenters. The lowest BCUT2D eigenvalue weighted by molar-refractivity contribution is 0.0697. The molecule has 0 aliphatic heterocycles. The zero-order chi connectivity index (χ0) is 13.8. The number of likely N-dealkylation sites (N-methyl/N-ethyl adjacent to an activating group) is 1. The average Bonchev–Trinajstić information content (AvgIpc) is 3.20. The maximum atomic E-state index is 11.1. The van der Waals surface area contributed by atoms with Gasteiger partial charge in [-0.3, -0.25) is 4.90 Å². The van der Waals surface area contributed by atoms with Crippen LogP contribution in [0.4, 0.5) is 11.5 Å². The summed E-state index contributed by atoms with van der Waals surface area (Å²) in [4.78, 5) is 17.5. The van der Waals surface area contributed by atoms with Crippen LogP contribution in [0.25, 0.3) is 0 Å². The second-order valence-corrected chi connectivity index (χ2v) is 4.76. The van der Waals surface area contributed by atoms with Crippen LogP contribution in [0.1, 0.15) is 30.1 Å². The number of anilines is 2. The summed E-state index contributed by atoms with van der Waals surface area (Å²) in [6, 6.07) is 2.14. The predicted molar refractivity (Wildman–Crippen MR) is 74.4 cm³/mol. The van der Waals surface area contributed by atoms with E-state index in [0.717, 1.165) is 13.1 Å². The quantitative estimate of drug-likeness (QED) is 0.686. The standard InChI is InChI=1S/C13H20N4O2/c1-2-17(10-3-4-10)6-5-15-12-11(13(18)19)7-9(14)8-16-12/h7-8,10H,2-6,14H2,1H3,(H,15,16)(H,18,19). The molecule has 1 fully saturated rings. The molecule has 2 rings (SSSR count). The number of hydrogen-bond acceptors (Lipinski definition) is 5. The summed E-state index contributed by atoms with van der Waals surface area (Å²) in [5, 5.41) is 12.2. The lowest BCUT2D eigenvalue weighted by Crippen LogP contribution is -2.31. The molecule has 1 aromatic rings. The second-order valence-electron chi connectivity index (χ2n) is 4.76. The minimum Gasteiger partial charge on any atom is -0.478 e. The van der Waals surface area contributed by atoms with E-state index in [1.165, 1.54) is 25.1 Å². The molecule has 0 spiro atoms. The molecule has 1 aliphatic rings. The van der Waals surface area contributed by atoms with E-state index >= 15 is 0 Å². The van der Waals surface area contributed by atoms with Gasteiger partial charge in [0.05, 0.1) is 11.9 Å². The van der Waals surface area contributed by atoms with E-state index in [-0.39, 0.29) is 5.56 Å². The lowest BCUT2D eigenvalue weighted by atomic mass is 10.2. The summed E-state index contributed by atoms with van der Waals surface area (Å²) in [7, 11) is 0. The summed E-state index contributed by atoms with van der Waals surface area (Å²) < 4.78 is 0. The van der Waals surface area contributed by atoms with Crippen molar-refractivity contribution in [1.82, 2.24) is 9.88 Å². The summed E-state index contributed by atoms with van der Waals surface area (Å²) in [5.74, 6) is -0.634. The van der Waals surface area contributed by atoms with Gasteiger partial charge in [-0.15, -0.1) is 0 Å². The van der Waals surface area contributed by atoms with Crippen molar-refractivity contribution < 1.29 is 9.90 Å². The summed E-state index contributed by atoms with van der Waals surface area (Å²) in [6.45, 7) is 4.74. The number of carboxylic acid groups (broad SMARTS) is 1. The number of nitrogens with two attached hydrogens (primary N) is 1. The molecule has 6 heteroatoms. The first-order valence-corrected chi connectivity index (χ1v) is 6.58. The zero-order valence-electron chi connectivity index (χ0n) is 11.1. The number of nitrogens with one attached hydrogen (secondary N) is 1. The van der Waals surface area contributed by atoms with Crippen molar-refractivity contribution in [3.63, 3.8) is 0 Å². The van der Waals surface area contributed by atoms with Crippen LogP contribution >= 0.6 is 0 Å². The Kier molecular flexibility index (Phi) is 4.21. The van der Waals surface area contributed by atoms with Crippen molar-refractivity contribution in [2.45, 2.75) is 25.8 Å². The van der Waals surface area contributed by atoms with Gasteiger partial charge in [-0.1, -0.05) is 6.92 Å². The molecule has 1 aromatic heterocycles. The van der Waals surface area contributed by atoms with Gasteiger partial charge in [-0.05, 0) is 25.5 Å². The number of hydrogen-bond donors (Lipinski definition) is 3. The number of carbonyl (C=O) groups is 1. The van der Waals surface area contributed by atoms with E-state index in [9.17, 15) is 4.79 Å². The molecular weight excluding hydrogens is 244 g/mol. The van der Waals surface area contributed by atoms with Crippen LogP contribution in [0.5, 0.6) is 0 Å². The fourth-order valence-electron chi connectivity index (χ4n) is 2.14. The highest BCUT2D eigenvalue weighted by atomic mass is 16.4. The monoisotopic (exact) mass is 264 g/mol. The van der Waals surface area contributed by atoms with Gasteiger partial charge in [0.15, 0.2) is 0 Å². The van der Waals surface area contributed by atoms with E-state index in [2.05, 4.69) is 22.1 Å². The van der Waals surface area contributed by atoms with Gasteiger partial charge in [0.25, 0.3) is 0 Å². The molecule has 0 bridgehead atoms. The molecule has 104 valence electrons. The third kappa shape index (κ3) is 3.57. The number of carboxylic acids is 1. The minimum atomic E-state index is -1.02. The molecule has 19 heavy (non-hydrogen) atoms.